The fourth-order valence-electron chi connectivity index (χ4n) is 13.0. The smallest absolute Gasteiger partial charge is 0.160 e. The molecule has 8 heteroatoms. The molecule has 2 aromatic heterocycles. The standard InChI is InChI=1S/C94H64Cl2N4O2/c1-101-85-53-46-73(47-54-85)65-12-8-63(9-13-65)68-18-32-77(33-19-68)89-59-90(78-34-20-69(21-35-78)64-10-14-66(15-11-64)74-48-55-86(102-2)56-49-74)99-94(98-89)82-42-28-71(29-43-82)67-16-30-76(31-17-67)87-58-83(50-57-88(87)96)75-24-38-80(39-25-75)92-60-91(79-36-22-70(23-37-79)72-44-51-84(95)52-45-72)97-93(100-92)81-40-26-62(27-41-81)61-6-4-3-5-7-61/h3-60H,1-2H3. The third kappa shape index (κ3) is 13.9. The summed E-state index contributed by atoms with van der Waals surface area (Å²) in [6.07, 6.45) is 0. The average molecular weight is 1350 g/mol. The van der Waals surface area contributed by atoms with Crippen LogP contribution in [0.1, 0.15) is 0 Å². The Balaban J connectivity index is 0.653. The van der Waals surface area contributed by atoms with Gasteiger partial charge in [-0.3, -0.25) is 0 Å². The van der Waals surface area contributed by atoms with Gasteiger partial charge in [-0.1, -0.05) is 314 Å². The summed E-state index contributed by atoms with van der Waals surface area (Å²) in [4.78, 5) is 20.9. The van der Waals surface area contributed by atoms with Gasteiger partial charge in [0.15, 0.2) is 11.6 Å². The first-order valence-electron chi connectivity index (χ1n) is 33.8. The molecule has 0 bridgehead atoms. The van der Waals surface area contributed by atoms with Crippen LogP contribution < -0.4 is 9.47 Å². The Morgan fingerprint density at radius 2 is 0.412 bits per heavy atom. The molecular formula is C94H64Cl2N4O2. The van der Waals surface area contributed by atoms with E-state index in [-0.39, 0.29) is 0 Å². The minimum absolute atomic E-state index is 0.636. The van der Waals surface area contributed by atoms with Crippen LogP contribution >= 0.6 is 23.2 Å². The fourth-order valence-corrected chi connectivity index (χ4v) is 13.4. The molecule has 0 aliphatic carbocycles. The van der Waals surface area contributed by atoms with E-state index in [1.54, 1.807) is 14.2 Å². The van der Waals surface area contributed by atoms with Gasteiger partial charge >= 0.3 is 0 Å². The number of nitrogens with zero attached hydrogens (tertiary/aromatic N) is 4. The topological polar surface area (TPSA) is 70.0 Å². The van der Waals surface area contributed by atoms with Crippen molar-refractivity contribution < 1.29 is 9.47 Å². The Hall–Kier alpha value is -12.6. The minimum atomic E-state index is 0.636. The number of halogens is 2. The quantitative estimate of drug-likeness (QED) is 0.0905. The van der Waals surface area contributed by atoms with Crippen molar-refractivity contribution in [1.82, 2.24) is 19.9 Å². The summed E-state index contributed by atoms with van der Waals surface area (Å²) in [5.74, 6) is 2.96. The fraction of sp³-hybridized carbons (Fsp3) is 0.0213. The average Bonchev–Trinajstić information content (AvgIpc) is 0.801. The highest BCUT2D eigenvalue weighted by molar-refractivity contribution is 6.33. The molecule has 16 aromatic rings. The highest BCUT2D eigenvalue weighted by Gasteiger charge is 2.17. The van der Waals surface area contributed by atoms with Crippen LogP contribution in [0.4, 0.5) is 0 Å². The molecule has 0 amide bonds. The first-order chi connectivity index (χ1) is 50.2. The minimum Gasteiger partial charge on any atom is -0.497 e. The summed E-state index contributed by atoms with van der Waals surface area (Å²) >= 11 is 13.3. The van der Waals surface area contributed by atoms with Gasteiger partial charge in [-0.05, 0) is 155 Å². The van der Waals surface area contributed by atoms with Gasteiger partial charge in [0.05, 0.1) is 37.0 Å². The molecule has 0 fully saturated rings. The van der Waals surface area contributed by atoms with Crippen LogP contribution in [0.3, 0.4) is 0 Å². The van der Waals surface area contributed by atoms with Crippen LogP contribution in [-0.4, -0.2) is 34.2 Å². The predicted octanol–water partition coefficient (Wildman–Crippen LogP) is 25.6. The van der Waals surface area contributed by atoms with Gasteiger partial charge in [-0.15, -0.1) is 0 Å². The normalized spacial score (nSPS) is 11.1. The van der Waals surface area contributed by atoms with Crippen LogP contribution in [0.5, 0.6) is 11.5 Å². The molecule has 14 aromatic carbocycles. The van der Waals surface area contributed by atoms with Crippen LogP contribution in [0.25, 0.3) is 168 Å². The molecular weight excluding hydrogens is 1290 g/mol. The number of aromatic nitrogens is 4. The van der Waals surface area contributed by atoms with E-state index >= 15 is 0 Å². The second-order valence-corrected chi connectivity index (χ2v) is 26.0. The van der Waals surface area contributed by atoms with Gasteiger partial charge in [0, 0.05) is 49.0 Å². The summed E-state index contributed by atoms with van der Waals surface area (Å²) < 4.78 is 10.8. The zero-order chi connectivity index (χ0) is 68.9. The number of methoxy groups -OCH3 is 2. The maximum absolute atomic E-state index is 7.06. The van der Waals surface area contributed by atoms with Crippen molar-refractivity contribution >= 4 is 23.2 Å². The van der Waals surface area contributed by atoms with Gasteiger partial charge in [0.2, 0.25) is 0 Å². The molecule has 0 saturated carbocycles. The molecule has 6 nitrogen and oxygen atoms in total. The van der Waals surface area contributed by atoms with Crippen LogP contribution in [0.15, 0.2) is 352 Å². The highest BCUT2D eigenvalue weighted by Crippen LogP contribution is 2.39. The first kappa shape index (κ1) is 64.1. The van der Waals surface area contributed by atoms with Gasteiger partial charge in [-0.2, -0.15) is 0 Å². The number of hydrogen-bond acceptors (Lipinski definition) is 6. The Morgan fingerprint density at radius 1 is 0.196 bits per heavy atom. The molecule has 0 atom stereocenters. The monoisotopic (exact) mass is 1350 g/mol. The lowest BCUT2D eigenvalue weighted by Crippen LogP contribution is -1.96. The summed E-state index contributed by atoms with van der Waals surface area (Å²) in [7, 11) is 3.37. The van der Waals surface area contributed by atoms with Crippen molar-refractivity contribution in [2.75, 3.05) is 14.2 Å². The van der Waals surface area contributed by atoms with Gasteiger partial charge in [-0.25, -0.2) is 19.9 Å². The number of ether oxygens (including phenoxy) is 2. The van der Waals surface area contributed by atoms with E-state index in [1.165, 1.54) is 0 Å². The zero-order valence-electron chi connectivity index (χ0n) is 55.8. The highest BCUT2D eigenvalue weighted by atomic mass is 35.5. The lowest BCUT2D eigenvalue weighted by atomic mass is 9.96. The molecule has 0 aliphatic rings. The van der Waals surface area contributed by atoms with Crippen LogP contribution in [0, 0.1) is 0 Å². The van der Waals surface area contributed by atoms with E-state index in [4.69, 9.17) is 52.6 Å². The van der Waals surface area contributed by atoms with Crippen molar-refractivity contribution in [1.29, 1.82) is 0 Å². The molecule has 16 rings (SSSR count). The molecule has 0 aliphatic heterocycles. The first-order valence-corrected chi connectivity index (χ1v) is 34.6. The van der Waals surface area contributed by atoms with Crippen molar-refractivity contribution in [3.63, 3.8) is 0 Å². The van der Waals surface area contributed by atoms with Crippen LogP contribution in [-0.2, 0) is 0 Å². The SMILES string of the molecule is COc1ccc(-c2ccc(-c3ccc(-c4cc(-c5ccc(-c6ccc(-c7ccc(OC)cc7)cc6)cc5)nc(-c5ccc(-c6ccc(-c7cc(-c8ccc(-c9cc(-c%10ccc(-c%11ccc(Cl)cc%11)cc%10)nc(-c%10ccc(-c%11ccccc%11)cc%10)n9)cc8)ccc7Cl)cc6)cc5)n4)cc3)cc2)cc1. The second kappa shape index (κ2) is 28.7. The number of rotatable bonds is 17. The third-order valence-corrected chi connectivity index (χ3v) is 19.4. The second-order valence-electron chi connectivity index (χ2n) is 25.1. The molecule has 0 saturated heterocycles. The van der Waals surface area contributed by atoms with E-state index in [9.17, 15) is 0 Å². The lowest BCUT2D eigenvalue weighted by Gasteiger charge is -2.12. The van der Waals surface area contributed by atoms with Crippen molar-refractivity contribution in [2.24, 2.45) is 0 Å². The molecule has 0 N–H and O–H groups in total. The summed E-state index contributed by atoms with van der Waals surface area (Å²) in [6.45, 7) is 0. The lowest BCUT2D eigenvalue weighted by molar-refractivity contribution is 0.415. The number of hydrogen-bond donors (Lipinski definition) is 0. The maximum Gasteiger partial charge on any atom is 0.160 e. The van der Waals surface area contributed by atoms with Gasteiger partial charge in [0.25, 0.3) is 0 Å². The molecule has 0 spiro atoms. The Kier molecular flexibility index (Phi) is 18.0. The predicted molar refractivity (Wildman–Crippen MR) is 422 cm³/mol. The zero-order valence-corrected chi connectivity index (χ0v) is 57.4. The van der Waals surface area contributed by atoms with Gasteiger partial charge in [0.1, 0.15) is 11.5 Å². The van der Waals surface area contributed by atoms with E-state index in [1.807, 2.05) is 60.7 Å². The third-order valence-electron chi connectivity index (χ3n) is 18.9. The molecule has 486 valence electrons. The van der Waals surface area contributed by atoms with Gasteiger partial charge < -0.3 is 9.47 Å². The Labute approximate surface area is 604 Å². The number of benzene rings is 14. The largest absolute Gasteiger partial charge is 0.497 e. The Bertz CT molecular complexity index is 5450. The van der Waals surface area contributed by atoms with E-state index in [0.717, 1.165) is 168 Å². The summed E-state index contributed by atoms with van der Waals surface area (Å²) in [5.41, 5.74) is 28.8. The molecule has 0 unspecified atom stereocenters. The summed E-state index contributed by atoms with van der Waals surface area (Å²) in [6, 6.07) is 122. The van der Waals surface area contributed by atoms with Crippen molar-refractivity contribution in [3.05, 3.63) is 362 Å². The van der Waals surface area contributed by atoms with E-state index in [0.29, 0.717) is 21.7 Å². The molecule has 2 heterocycles. The van der Waals surface area contributed by atoms with E-state index < -0.39 is 0 Å². The Morgan fingerprint density at radius 3 is 0.696 bits per heavy atom. The molecule has 0 radical (unpaired) electrons. The van der Waals surface area contributed by atoms with Crippen molar-refractivity contribution in [2.45, 2.75) is 0 Å². The maximum atomic E-state index is 7.06. The van der Waals surface area contributed by atoms with Crippen molar-refractivity contribution in [3.8, 4) is 179 Å². The van der Waals surface area contributed by atoms with E-state index in [2.05, 4.69) is 291 Å². The molecule has 102 heavy (non-hydrogen) atoms. The summed E-state index contributed by atoms with van der Waals surface area (Å²) in [5, 5.41) is 1.38. The van der Waals surface area contributed by atoms with Crippen LogP contribution in [0.2, 0.25) is 10.0 Å².